The first-order chi connectivity index (χ1) is 15.6. The van der Waals surface area contributed by atoms with Crippen molar-refractivity contribution in [3.8, 4) is 0 Å². The molecule has 2 nitrogen and oxygen atoms in total. The van der Waals surface area contributed by atoms with E-state index < -0.39 is 25.3 Å². The van der Waals surface area contributed by atoms with Crippen LogP contribution in [0.1, 0.15) is 55.4 Å². The van der Waals surface area contributed by atoms with Crippen molar-refractivity contribution in [1.29, 1.82) is 0 Å². The fourth-order valence-electron chi connectivity index (χ4n) is 7.04. The van der Waals surface area contributed by atoms with Crippen molar-refractivity contribution < 1.29 is 17.0 Å². The van der Waals surface area contributed by atoms with E-state index in [1.54, 1.807) is 0 Å². The second-order valence-corrected chi connectivity index (χ2v) is 20.6. The van der Waals surface area contributed by atoms with Gasteiger partial charge in [-0.15, -0.1) is 6.54 Å². The van der Waals surface area contributed by atoms with Crippen LogP contribution in [0.5, 0.6) is 0 Å². The van der Waals surface area contributed by atoms with Crippen LogP contribution in [0.15, 0.2) is 47.6 Å². The molecule has 6 heteroatoms. The van der Waals surface area contributed by atoms with E-state index in [0.717, 1.165) is 13.1 Å². The molecule has 198 valence electrons. The van der Waals surface area contributed by atoms with Gasteiger partial charge in [0.15, 0.2) is 0 Å². The molecule has 0 amide bonds. The van der Waals surface area contributed by atoms with Crippen molar-refractivity contribution in [2.24, 2.45) is 34.5 Å². The van der Waals surface area contributed by atoms with E-state index in [9.17, 15) is 0 Å². The Balaban J connectivity index is 0.00000103. The van der Waals surface area contributed by atoms with Gasteiger partial charge in [0.25, 0.3) is 0 Å². The van der Waals surface area contributed by atoms with Crippen LogP contribution < -0.4 is 0 Å². The van der Waals surface area contributed by atoms with E-state index in [0.29, 0.717) is 29.2 Å². The van der Waals surface area contributed by atoms with Crippen LogP contribution >= 0.6 is 18.6 Å². The van der Waals surface area contributed by atoms with E-state index in [4.69, 9.17) is 23.9 Å². The second-order valence-electron chi connectivity index (χ2n) is 13.6. The van der Waals surface area contributed by atoms with Gasteiger partial charge in [0, 0.05) is 0 Å². The molecule has 4 unspecified atom stereocenters. The molecule has 4 rings (SSSR count). The maximum absolute atomic E-state index is 5.01. The molecule has 35 heavy (non-hydrogen) atoms. The Morgan fingerprint density at radius 3 is 1.60 bits per heavy atom. The van der Waals surface area contributed by atoms with Crippen molar-refractivity contribution in [3.63, 3.8) is 0 Å². The average molecular weight is 572 g/mol. The van der Waals surface area contributed by atoms with Gasteiger partial charge in [-0.3, -0.25) is 0 Å². The van der Waals surface area contributed by atoms with Crippen LogP contribution in [0.25, 0.3) is 5.32 Å². The fraction of sp³-hybridized carbons (Fsp3) is 0.690. The van der Waals surface area contributed by atoms with Crippen molar-refractivity contribution in [1.82, 2.24) is 4.57 Å². The van der Waals surface area contributed by atoms with Crippen LogP contribution in [0.3, 0.4) is 0 Å². The van der Waals surface area contributed by atoms with Crippen molar-refractivity contribution in [3.05, 3.63) is 60.3 Å². The molecule has 1 heterocycles. The van der Waals surface area contributed by atoms with E-state index in [1.165, 1.54) is 11.1 Å². The molecule has 0 aromatic rings. The Bertz CT molecular complexity index is 824. The standard InChI is InChI=1S/C28H45N2Si.CH3.2ClH.Ti/c1-26(2,3)19-11-13-21-22-14-12-20(27(4,5)6)18-24(22)25(23(21)17-19)31(9,10)30-16-15-29-28(30,7)8;;;;/h11-14,17-18,21-25H,15-16H2,1-10H3;1H3;2*1H;/q2*-1;;;+2/p-2. The molecule has 1 aliphatic heterocycles. The first kappa shape index (κ1) is 31.6. The van der Waals surface area contributed by atoms with Crippen LogP contribution in [-0.2, 0) is 17.0 Å². The first-order valence-corrected chi connectivity index (χ1v) is 20.1. The summed E-state index contributed by atoms with van der Waals surface area (Å²) < 4.78 is 2.84. The van der Waals surface area contributed by atoms with Gasteiger partial charge >= 0.3 is 35.6 Å². The summed E-state index contributed by atoms with van der Waals surface area (Å²) in [7, 11) is 7.99. The van der Waals surface area contributed by atoms with Gasteiger partial charge in [-0.1, -0.05) is 111 Å². The molecule has 4 atom stereocenters. The Kier molecular flexibility index (Phi) is 10.2. The van der Waals surface area contributed by atoms with Crippen molar-refractivity contribution >= 4 is 26.8 Å². The number of allylic oxidation sites excluding steroid dienone is 8. The van der Waals surface area contributed by atoms with Gasteiger partial charge < -0.3 is 17.3 Å². The number of halogens is 2. The number of nitrogens with zero attached hydrogens (tertiary/aromatic N) is 2. The van der Waals surface area contributed by atoms with Gasteiger partial charge in [-0.25, -0.2) is 0 Å². The molecule has 0 aromatic carbocycles. The van der Waals surface area contributed by atoms with Gasteiger partial charge in [0.05, 0.1) is 0 Å². The van der Waals surface area contributed by atoms with Crippen LogP contribution in [0.4, 0.5) is 0 Å². The summed E-state index contributed by atoms with van der Waals surface area (Å²) in [5.74, 6) is 2.52. The summed E-state index contributed by atoms with van der Waals surface area (Å²) in [6.07, 6.45) is 15.4. The summed E-state index contributed by atoms with van der Waals surface area (Å²) in [5, 5.41) is 5.01. The Labute approximate surface area is 234 Å². The predicted molar refractivity (Wildman–Crippen MR) is 156 cm³/mol. The molecular formula is C29H48Cl2N2SiTi-2. The molecule has 3 aliphatic carbocycles. The zero-order valence-electron chi connectivity index (χ0n) is 23.9. The normalized spacial score (nSPS) is 31.9. The zero-order valence-corrected chi connectivity index (χ0v) is 28.0. The van der Waals surface area contributed by atoms with E-state index in [-0.39, 0.29) is 23.9 Å². The Morgan fingerprint density at radius 2 is 1.29 bits per heavy atom. The Morgan fingerprint density at radius 1 is 0.886 bits per heavy atom. The third-order valence-electron chi connectivity index (χ3n) is 8.63. The van der Waals surface area contributed by atoms with Crippen LogP contribution in [0, 0.1) is 41.9 Å². The summed E-state index contributed by atoms with van der Waals surface area (Å²) >= 11 is -0.556. The van der Waals surface area contributed by atoms with Crippen molar-refractivity contribution in [2.75, 3.05) is 13.1 Å². The minimum absolute atomic E-state index is 0. The summed E-state index contributed by atoms with van der Waals surface area (Å²) in [5.41, 5.74) is 4.14. The molecule has 1 saturated carbocycles. The SMILES string of the molecule is CC(C)(C)C1=CC2C(C=C1)C1C=CC(C(C)(C)C)=CC1C2[Si](C)(C)N1CC[N-]C1(C)C.[CH3-].[Cl][Ti][Cl]. The number of hydrogen-bond acceptors (Lipinski definition) is 1. The maximum atomic E-state index is 5.01. The van der Waals surface area contributed by atoms with Crippen LogP contribution in [-0.4, -0.2) is 31.6 Å². The third-order valence-corrected chi connectivity index (χ3v) is 13.2. The molecule has 1 saturated heterocycles. The zero-order chi connectivity index (χ0) is 25.7. The predicted octanol–water partition coefficient (Wildman–Crippen LogP) is 9.38. The molecular weight excluding hydrogens is 523 g/mol. The molecule has 0 bridgehead atoms. The molecule has 0 N–H and O–H groups in total. The van der Waals surface area contributed by atoms with E-state index in [1.807, 2.05) is 0 Å². The molecule has 4 aliphatic rings. The molecule has 0 spiro atoms. The number of fused-ring (bicyclic) bond motifs is 3. The fourth-order valence-corrected chi connectivity index (χ4v) is 12.1. The summed E-state index contributed by atoms with van der Waals surface area (Å²) in [4.78, 5) is 0. The topological polar surface area (TPSA) is 17.3 Å². The monoisotopic (exact) mass is 570 g/mol. The van der Waals surface area contributed by atoms with Gasteiger partial charge in [-0.2, -0.15) is 0 Å². The first-order valence-electron chi connectivity index (χ1n) is 12.8. The average Bonchev–Trinajstić information content (AvgIpc) is 3.23. The molecule has 0 radical (unpaired) electrons. The summed E-state index contributed by atoms with van der Waals surface area (Å²) in [6.45, 7) is 26.3. The quantitative estimate of drug-likeness (QED) is 0.238. The third kappa shape index (κ3) is 6.35. The summed E-state index contributed by atoms with van der Waals surface area (Å²) in [6, 6.07) is 0. The van der Waals surface area contributed by atoms with E-state index in [2.05, 4.69) is 110 Å². The Hall–Kier alpha value is 0.391. The molecule has 2 fully saturated rings. The van der Waals surface area contributed by atoms with Gasteiger partial charge in [-0.05, 0) is 57.7 Å². The molecule has 0 aromatic heterocycles. The van der Waals surface area contributed by atoms with E-state index >= 15 is 0 Å². The number of rotatable bonds is 2. The van der Waals surface area contributed by atoms with Gasteiger partial charge in [0.1, 0.15) is 8.24 Å². The van der Waals surface area contributed by atoms with Gasteiger partial charge in [0.2, 0.25) is 0 Å². The minimum atomic E-state index is -1.78. The van der Waals surface area contributed by atoms with Crippen molar-refractivity contribution in [2.45, 2.75) is 79.7 Å². The number of hydrogen-bond donors (Lipinski definition) is 0. The van der Waals surface area contributed by atoms with Crippen LogP contribution in [0.2, 0.25) is 18.6 Å². The second kappa shape index (κ2) is 11.2.